The summed E-state index contributed by atoms with van der Waals surface area (Å²) in [6.45, 7) is 0. The van der Waals surface area contributed by atoms with E-state index in [4.69, 9.17) is 8.85 Å². The zero-order chi connectivity index (χ0) is 7.98. The third-order valence-electron chi connectivity index (χ3n) is 1.19. The van der Waals surface area contributed by atoms with E-state index in [9.17, 15) is 0 Å². The van der Waals surface area contributed by atoms with Crippen molar-refractivity contribution in [1.29, 1.82) is 0 Å². The third-order valence-corrected chi connectivity index (χ3v) is 3.56. The fourth-order valence-corrected chi connectivity index (χ4v) is 2.75. The molecule has 0 N–H and O–H groups in total. The number of thiol groups is 2. The van der Waals surface area contributed by atoms with E-state index in [-0.39, 0.29) is 4.58 Å². The van der Waals surface area contributed by atoms with E-state index in [1.54, 1.807) is 14.2 Å². The second-order valence-electron chi connectivity index (χ2n) is 1.96. The van der Waals surface area contributed by atoms with Crippen molar-refractivity contribution in [2.75, 3.05) is 14.2 Å². The first-order chi connectivity index (χ1) is 4.70. The molecular weight excluding hydrogens is 184 g/mol. The molecule has 0 amide bonds. The van der Waals surface area contributed by atoms with E-state index in [1.165, 1.54) is 0 Å². The van der Waals surface area contributed by atoms with Gasteiger partial charge in [0.15, 0.2) is 0 Å². The van der Waals surface area contributed by atoms with E-state index in [1.807, 2.05) is 0 Å². The minimum Gasteiger partial charge on any atom is -0.400 e. The van der Waals surface area contributed by atoms with Gasteiger partial charge < -0.3 is 8.85 Å². The quantitative estimate of drug-likeness (QED) is 0.391. The second kappa shape index (κ2) is 6.54. The Morgan fingerprint density at radius 2 is 1.80 bits per heavy atom. The van der Waals surface area contributed by atoms with Gasteiger partial charge in [0.25, 0.3) is 0 Å². The zero-order valence-corrected chi connectivity index (χ0v) is 9.22. The summed E-state index contributed by atoms with van der Waals surface area (Å²) in [7, 11) is 2.03. The van der Waals surface area contributed by atoms with Crippen molar-refractivity contribution in [1.82, 2.24) is 0 Å². The van der Waals surface area contributed by atoms with Gasteiger partial charge in [-0.1, -0.05) is 0 Å². The Bertz CT molecular complexity index is 78.0. The molecule has 0 unspecified atom stereocenters. The van der Waals surface area contributed by atoms with Crippen LogP contribution in [0.5, 0.6) is 0 Å². The lowest BCUT2D eigenvalue weighted by molar-refractivity contribution is 0.277. The Morgan fingerprint density at radius 3 is 2.10 bits per heavy atom. The molecule has 0 saturated heterocycles. The minimum atomic E-state index is -1.35. The number of rotatable bonds is 5. The fourth-order valence-electron chi connectivity index (χ4n) is 0.617. The van der Waals surface area contributed by atoms with Crippen LogP contribution in [0.15, 0.2) is 0 Å². The lowest BCUT2D eigenvalue weighted by Crippen LogP contribution is -2.19. The minimum absolute atomic E-state index is 0.153. The normalized spacial score (nSPS) is 11.4. The number of hydrogen-bond donors (Lipinski definition) is 2. The Hall–Kier alpha value is 0.837. The molecule has 0 atom stereocenters. The molecule has 0 fully saturated rings. The molecule has 0 aliphatic heterocycles. The second-order valence-corrected chi connectivity index (χ2v) is 5.99. The molecule has 0 heterocycles. The molecule has 0 aliphatic rings. The van der Waals surface area contributed by atoms with Crippen molar-refractivity contribution < 1.29 is 8.85 Å². The average Bonchev–Trinajstić information content (AvgIpc) is 1.90. The van der Waals surface area contributed by atoms with Crippen molar-refractivity contribution >= 4 is 34.5 Å². The van der Waals surface area contributed by atoms with Crippen LogP contribution >= 0.6 is 25.3 Å². The van der Waals surface area contributed by atoms with Crippen LogP contribution in [0.3, 0.4) is 0 Å². The van der Waals surface area contributed by atoms with Gasteiger partial charge in [-0.3, -0.25) is 0 Å². The van der Waals surface area contributed by atoms with Gasteiger partial charge in [0.05, 0.1) is 0 Å². The first kappa shape index (κ1) is 10.8. The highest BCUT2D eigenvalue weighted by Gasteiger charge is 2.09. The van der Waals surface area contributed by atoms with Crippen molar-refractivity contribution in [3.8, 4) is 0 Å². The van der Waals surface area contributed by atoms with Crippen LogP contribution in [-0.2, 0) is 8.85 Å². The van der Waals surface area contributed by atoms with Crippen LogP contribution in [0, 0.1) is 0 Å². The Kier molecular flexibility index (Phi) is 7.09. The van der Waals surface area contributed by atoms with Crippen LogP contribution in [-0.4, -0.2) is 28.1 Å². The van der Waals surface area contributed by atoms with Gasteiger partial charge in [-0.05, 0) is 12.5 Å². The first-order valence-corrected chi connectivity index (χ1v) is 5.91. The summed E-state index contributed by atoms with van der Waals surface area (Å²) < 4.78 is 10.4. The maximum atomic E-state index is 5.10. The maximum Gasteiger partial charge on any atom is 0.320 e. The first-order valence-electron chi connectivity index (χ1n) is 3.12. The van der Waals surface area contributed by atoms with E-state index >= 15 is 0 Å². The Balaban J connectivity index is 3.26. The molecule has 62 valence electrons. The van der Waals surface area contributed by atoms with Crippen LogP contribution in [0.1, 0.15) is 6.42 Å². The van der Waals surface area contributed by atoms with E-state index in [0.717, 1.165) is 12.5 Å². The molecule has 0 aliphatic carbocycles. The van der Waals surface area contributed by atoms with Gasteiger partial charge in [-0.2, -0.15) is 25.3 Å². The van der Waals surface area contributed by atoms with Gasteiger partial charge >= 0.3 is 9.28 Å². The summed E-state index contributed by atoms with van der Waals surface area (Å²) in [6, 6.07) is 0.977. The van der Waals surface area contributed by atoms with Crippen molar-refractivity contribution in [2.45, 2.75) is 17.0 Å². The highest BCUT2D eigenvalue weighted by atomic mass is 32.2. The molecule has 0 aromatic heterocycles. The smallest absolute Gasteiger partial charge is 0.320 e. The van der Waals surface area contributed by atoms with Crippen molar-refractivity contribution in [3.63, 3.8) is 0 Å². The van der Waals surface area contributed by atoms with Crippen LogP contribution in [0.25, 0.3) is 0 Å². The maximum absolute atomic E-state index is 5.10. The van der Waals surface area contributed by atoms with Crippen molar-refractivity contribution in [2.24, 2.45) is 0 Å². The van der Waals surface area contributed by atoms with Gasteiger partial charge in [0.1, 0.15) is 0 Å². The Labute approximate surface area is 75.0 Å². The number of hydrogen-bond acceptors (Lipinski definition) is 4. The summed E-state index contributed by atoms with van der Waals surface area (Å²) in [5, 5.41) is 0. The third kappa shape index (κ3) is 5.61. The molecular formula is C5H14O2S2Si. The predicted octanol–water partition coefficient (Wildman–Crippen LogP) is 1.08. The molecule has 0 saturated carbocycles. The van der Waals surface area contributed by atoms with Crippen LogP contribution in [0.2, 0.25) is 6.04 Å². The van der Waals surface area contributed by atoms with Gasteiger partial charge in [0.2, 0.25) is 0 Å². The monoisotopic (exact) mass is 198 g/mol. The summed E-state index contributed by atoms with van der Waals surface area (Å²) in [6.07, 6.45) is 0.949. The van der Waals surface area contributed by atoms with Crippen LogP contribution < -0.4 is 0 Å². The lowest BCUT2D eigenvalue weighted by atomic mass is 10.6. The van der Waals surface area contributed by atoms with Gasteiger partial charge in [-0.25, -0.2) is 0 Å². The highest BCUT2D eigenvalue weighted by Crippen LogP contribution is 2.11. The lowest BCUT2D eigenvalue weighted by Gasteiger charge is -2.10. The predicted molar refractivity (Wildman–Crippen MR) is 52.4 cm³/mol. The van der Waals surface area contributed by atoms with Crippen molar-refractivity contribution in [3.05, 3.63) is 0 Å². The molecule has 0 rings (SSSR count). The van der Waals surface area contributed by atoms with E-state index in [0.29, 0.717) is 0 Å². The SMILES string of the molecule is CO[SiH](CCC(S)S)OC. The largest absolute Gasteiger partial charge is 0.400 e. The zero-order valence-electron chi connectivity index (χ0n) is 6.28. The molecule has 10 heavy (non-hydrogen) atoms. The molecule has 0 bridgehead atoms. The standard InChI is InChI=1S/C5H14O2S2Si/c1-6-10(7-2)4-3-5(8)9/h5,8-10H,3-4H2,1-2H3. The molecule has 0 spiro atoms. The molecule has 5 heteroatoms. The summed E-state index contributed by atoms with van der Waals surface area (Å²) >= 11 is 8.25. The van der Waals surface area contributed by atoms with Gasteiger partial charge in [-0.15, -0.1) is 0 Å². The summed E-state index contributed by atoms with van der Waals surface area (Å²) in [5.41, 5.74) is 0. The average molecular weight is 198 g/mol. The molecule has 0 radical (unpaired) electrons. The summed E-state index contributed by atoms with van der Waals surface area (Å²) in [4.78, 5) is 0. The molecule has 0 aromatic rings. The van der Waals surface area contributed by atoms with Crippen LogP contribution in [0.4, 0.5) is 0 Å². The molecule has 2 nitrogen and oxygen atoms in total. The summed E-state index contributed by atoms with van der Waals surface area (Å²) in [5.74, 6) is 0. The molecule has 0 aromatic carbocycles. The van der Waals surface area contributed by atoms with E-state index in [2.05, 4.69) is 25.3 Å². The van der Waals surface area contributed by atoms with Gasteiger partial charge in [0, 0.05) is 18.8 Å². The fraction of sp³-hybridized carbons (Fsp3) is 1.00. The highest BCUT2D eigenvalue weighted by molar-refractivity contribution is 7.99. The Morgan fingerprint density at radius 1 is 1.30 bits per heavy atom. The van der Waals surface area contributed by atoms with E-state index < -0.39 is 9.28 Å². The topological polar surface area (TPSA) is 18.5 Å².